The fourth-order valence-electron chi connectivity index (χ4n) is 2.03. The summed E-state index contributed by atoms with van der Waals surface area (Å²) in [4.78, 5) is 11.9. The van der Waals surface area contributed by atoms with Crippen molar-refractivity contribution in [3.8, 4) is 5.75 Å². The summed E-state index contributed by atoms with van der Waals surface area (Å²) in [6, 6.07) is 7.50. The minimum atomic E-state index is -1.05. The Morgan fingerprint density at radius 2 is 2.00 bits per heavy atom. The van der Waals surface area contributed by atoms with Gasteiger partial charge in [-0.15, -0.1) is 23.2 Å². The molecule has 1 saturated carbocycles. The van der Waals surface area contributed by atoms with Gasteiger partial charge < -0.3 is 9.47 Å². The predicted molar refractivity (Wildman–Crippen MR) is 79.6 cm³/mol. The number of hydrogen-bond acceptors (Lipinski definition) is 3. The molecule has 0 heterocycles. The van der Waals surface area contributed by atoms with Crippen LogP contribution in [-0.4, -0.2) is 22.5 Å². The second kappa shape index (κ2) is 5.45. The standard InChI is InChI=1S/C15H18Cl2O3/c1-4-19-13(18)14(2,3)20-12-8-6-5-7-10(12)11-9-15(11,16)17/h5-8,11H,4,9H2,1-3H3. The summed E-state index contributed by atoms with van der Waals surface area (Å²) >= 11 is 12.2. The summed E-state index contributed by atoms with van der Waals surface area (Å²) in [7, 11) is 0. The number of hydrogen-bond donors (Lipinski definition) is 0. The van der Waals surface area contributed by atoms with Gasteiger partial charge in [0.1, 0.15) is 10.1 Å². The van der Waals surface area contributed by atoms with Crippen molar-refractivity contribution in [2.45, 2.75) is 43.0 Å². The average Bonchev–Trinajstić information content (AvgIpc) is 2.98. The third-order valence-electron chi connectivity index (χ3n) is 3.25. The molecule has 0 N–H and O–H groups in total. The number of alkyl halides is 2. The van der Waals surface area contributed by atoms with Crippen LogP contribution >= 0.6 is 23.2 Å². The first-order valence-corrected chi connectivity index (χ1v) is 7.36. The summed E-state index contributed by atoms with van der Waals surface area (Å²) in [5.74, 6) is 0.271. The van der Waals surface area contributed by atoms with Crippen LogP contribution in [0.25, 0.3) is 0 Å². The van der Waals surface area contributed by atoms with Crippen LogP contribution in [0.3, 0.4) is 0 Å². The molecule has 0 radical (unpaired) electrons. The number of ether oxygens (including phenoxy) is 2. The Bertz CT molecular complexity index is 512. The Morgan fingerprint density at radius 3 is 2.55 bits per heavy atom. The van der Waals surface area contributed by atoms with E-state index in [2.05, 4.69) is 0 Å². The zero-order valence-electron chi connectivity index (χ0n) is 11.8. The van der Waals surface area contributed by atoms with Crippen molar-refractivity contribution in [2.75, 3.05) is 6.61 Å². The van der Waals surface area contributed by atoms with E-state index in [-0.39, 0.29) is 5.92 Å². The minimum Gasteiger partial charge on any atom is -0.476 e. The molecule has 3 nitrogen and oxygen atoms in total. The van der Waals surface area contributed by atoms with Gasteiger partial charge in [0.15, 0.2) is 5.60 Å². The number of benzene rings is 1. The van der Waals surface area contributed by atoms with Crippen molar-refractivity contribution >= 4 is 29.2 Å². The molecule has 1 fully saturated rings. The third-order valence-corrected chi connectivity index (χ3v) is 4.09. The lowest BCUT2D eigenvalue weighted by Crippen LogP contribution is -2.40. The van der Waals surface area contributed by atoms with Gasteiger partial charge in [-0.1, -0.05) is 18.2 Å². The maximum absolute atomic E-state index is 11.9. The highest BCUT2D eigenvalue weighted by Gasteiger charge is 2.53. The monoisotopic (exact) mass is 316 g/mol. The van der Waals surface area contributed by atoms with E-state index >= 15 is 0 Å². The van der Waals surface area contributed by atoms with E-state index < -0.39 is 15.9 Å². The lowest BCUT2D eigenvalue weighted by Gasteiger charge is -2.25. The molecule has 1 aromatic rings. The molecule has 5 heteroatoms. The van der Waals surface area contributed by atoms with E-state index in [1.54, 1.807) is 20.8 Å². The van der Waals surface area contributed by atoms with Gasteiger partial charge in [-0.05, 0) is 33.3 Å². The van der Waals surface area contributed by atoms with E-state index in [0.717, 1.165) is 5.56 Å². The molecule has 0 aliphatic heterocycles. The van der Waals surface area contributed by atoms with Gasteiger partial charge in [0.25, 0.3) is 0 Å². The van der Waals surface area contributed by atoms with Crippen LogP contribution in [0.5, 0.6) is 5.75 Å². The van der Waals surface area contributed by atoms with Crippen molar-refractivity contribution in [3.05, 3.63) is 29.8 Å². The largest absolute Gasteiger partial charge is 0.476 e. The zero-order valence-corrected chi connectivity index (χ0v) is 13.3. The van der Waals surface area contributed by atoms with E-state index in [0.29, 0.717) is 18.8 Å². The molecular weight excluding hydrogens is 299 g/mol. The number of rotatable bonds is 5. The highest BCUT2D eigenvalue weighted by molar-refractivity contribution is 6.51. The molecule has 0 aromatic heterocycles. The highest BCUT2D eigenvalue weighted by atomic mass is 35.5. The Hall–Kier alpha value is -0.930. The molecule has 0 bridgehead atoms. The highest BCUT2D eigenvalue weighted by Crippen LogP contribution is 2.61. The number of halogens is 2. The van der Waals surface area contributed by atoms with Crippen LogP contribution in [0.1, 0.15) is 38.7 Å². The van der Waals surface area contributed by atoms with Gasteiger partial charge in [-0.3, -0.25) is 0 Å². The molecule has 0 saturated heterocycles. The molecule has 1 atom stereocenters. The van der Waals surface area contributed by atoms with E-state index in [1.165, 1.54) is 0 Å². The summed E-state index contributed by atoms with van der Waals surface area (Å²) in [6.07, 6.45) is 0.691. The van der Waals surface area contributed by atoms with Crippen molar-refractivity contribution in [1.29, 1.82) is 0 Å². The third kappa shape index (κ3) is 3.21. The lowest BCUT2D eigenvalue weighted by atomic mass is 10.1. The Labute approximate surface area is 129 Å². The van der Waals surface area contributed by atoms with Crippen LogP contribution in [0.2, 0.25) is 0 Å². The van der Waals surface area contributed by atoms with Gasteiger partial charge in [0.2, 0.25) is 0 Å². The van der Waals surface area contributed by atoms with Gasteiger partial charge >= 0.3 is 5.97 Å². The van der Waals surface area contributed by atoms with Gasteiger partial charge in [-0.2, -0.15) is 0 Å². The first-order valence-electron chi connectivity index (χ1n) is 6.61. The molecule has 1 aliphatic rings. The van der Waals surface area contributed by atoms with Gasteiger partial charge in [0.05, 0.1) is 6.61 Å². The van der Waals surface area contributed by atoms with E-state index in [4.69, 9.17) is 32.7 Å². The maximum atomic E-state index is 11.9. The van der Waals surface area contributed by atoms with E-state index in [9.17, 15) is 4.79 Å². The molecule has 1 unspecified atom stereocenters. The normalized spacial score (nSPS) is 20.4. The molecule has 0 spiro atoms. The molecule has 2 rings (SSSR count). The first-order chi connectivity index (χ1) is 9.28. The van der Waals surface area contributed by atoms with Gasteiger partial charge in [0, 0.05) is 11.5 Å². The van der Waals surface area contributed by atoms with Crippen LogP contribution in [0.15, 0.2) is 24.3 Å². The molecule has 0 amide bonds. The quantitative estimate of drug-likeness (QED) is 0.607. The van der Waals surface area contributed by atoms with Crippen molar-refractivity contribution in [3.63, 3.8) is 0 Å². The van der Waals surface area contributed by atoms with Crippen LogP contribution < -0.4 is 4.74 Å². The number of carbonyl (C=O) groups is 1. The fourth-order valence-corrected chi connectivity index (χ4v) is 2.58. The van der Waals surface area contributed by atoms with Crippen molar-refractivity contribution in [2.24, 2.45) is 0 Å². The minimum absolute atomic E-state index is 0.0417. The summed E-state index contributed by atoms with van der Waals surface area (Å²) < 4.78 is 10.1. The summed E-state index contributed by atoms with van der Waals surface area (Å²) in [6.45, 7) is 5.45. The fraction of sp³-hybridized carbons (Fsp3) is 0.533. The van der Waals surface area contributed by atoms with Crippen LogP contribution in [0.4, 0.5) is 0 Å². The predicted octanol–water partition coefficient (Wildman–Crippen LogP) is 4.07. The zero-order chi connectivity index (χ0) is 15.0. The maximum Gasteiger partial charge on any atom is 0.349 e. The SMILES string of the molecule is CCOC(=O)C(C)(C)Oc1ccccc1C1CC1(Cl)Cl. The smallest absolute Gasteiger partial charge is 0.349 e. The Kier molecular flexibility index (Phi) is 4.22. The lowest BCUT2D eigenvalue weighted by molar-refractivity contribution is -0.158. The topological polar surface area (TPSA) is 35.5 Å². The molecule has 20 heavy (non-hydrogen) atoms. The second-order valence-corrected chi connectivity index (χ2v) is 6.93. The summed E-state index contributed by atoms with van der Waals surface area (Å²) in [5, 5.41) is 0. The average molecular weight is 317 g/mol. The van der Waals surface area contributed by atoms with Gasteiger partial charge in [-0.25, -0.2) is 4.79 Å². The molecule has 1 aliphatic carbocycles. The van der Waals surface area contributed by atoms with Crippen molar-refractivity contribution < 1.29 is 14.3 Å². The summed E-state index contributed by atoms with van der Waals surface area (Å²) in [5.41, 5.74) is -0.127. The molecule has 110 valence electrons. The molecule has 1 aromatic carbocycles. The van der Waals surface area contributed by atoms with Crippen LogP contribution in [0, 0.1) is 0 Å². The van der Waals surface area contributed by atoms with Crippen LogP contribution in [-0.2, 0) is 9.53 Å². The first kappa shape index (κ1) is 15.5. The number of para-hydroxylation sites is 1. The number of carbonyl (C=O) groups excluding carboxylic acids is 1. The van der Waals surface area contributed by atoms with E-state index in [1.807, 2.05) is 24.3 Å². The molecular formula is C15H18Cl2O3. The second-order valence-electron chi connectivity index (χ2n) is 5.39. The van der Waals surface area contributed by atoms with Crippen molar-refractivity contribution in [1.82, 2.24) is 0 Å². The number of esters is 1. The Morgan fingerprint density at radius 1 is 1.40 bits per heavy atom. The Balaban J connectivity index is 2.20.